The van der Waals surface area contributed by atoms with Crippen LogP contribution in [0.2, 0.25) is 0 Å². The summed E-state index contributed by atoms with van der Waals surface area (Å²) >= 11 is 0. The predicted molar refractivity (Wildman–Crippen MR) is 48.9 cm³/mol. The van der Waals surface area contributed by atoms with Gasteiger partial charge in [-0.1, -0.05) is 6.92 Å². The van der Waals surface area contributed by atoms with E-state index < -0.39 is 0 Å². The summed E-state index contributed by atoms with van der Waals surface area (Å²) in [7, 11) is 2.03. The molecule has 2 aliphatic rings. The molecule has 0 aromatic heterocycles. The Bertz CT molecular complexity index is 183. The van der Waals surface area contributed by atoms with Crippen molar-refractivity contribution >= 4 is 0 Å². The molecule has 0 aromatic rings. The van der Waals surface area contributed by atoms with Crippen LogP contribution >= 0.6 is 0 Å². The van der Waals surface area contributed by atoms with Gasteiger partial charge in [0.05, 0.1) is 6.10 Å². The van der Waals surface area contributed by atoms with Gasteiger partial charge in [0.2, 0.25) is 0 Å². The van der Waals surface area contributed by atoms with Crippen molar-refractivity contribution in [3.8, 4) is 0 Å². The number of hydrogen-bond donors (Lipinski definition) is 2. The first kappa shape index (κ1) is 8.52. The summed E-state index contributed by atoms with van der Waals surface area (Å²) in [5.41, 5.74) is 0.222. The van der Waals surface area contributed by atoms with Crippen LogP contribution in [0.1, 0.15) is 32.6 Å². The molecule has 4 unspecified atom stereocenters. The third-order valence-electron chi connectivity index (χ3n) is 4.23. The third kappa shape index (κ3) is 0.826. The van der Waals surface area contributed by atoms with Crippen LogP contribution in [0.5, 0.6) is 0 Å². The molecule has 2 nitrogen and oxygen atoms in total. The fourth-order valence-corrected chi connectivity index (χ4v) is 3.55. The van der Waals surface area contributed by atoms with Crippen LogP contribution in [0, 0.1) is 11.3 Å². The van der Waals surface area contributed by atoms with Gasteiger partial charge in [0.1, 0.15) is 0 Å². The van der Waals surface area contributed by atoms with Crippen LogP contribution in [0.15, 0.2) is 0 Å². The first-order valence-electron chi connectivity index (χ1n) is 5.10. The van der Waals surface area contributed by atoms with Crippen molar-refractivity contribution in [2.75, 3.05) is 7.05 Å². The Morgan fingerprint density at radius 1 is 1.58 bits per heavy atom. The fraction of sp³-hybridized carbons (Fsp3) is 1.00. The average Bonchev–Trinajstić information content (AvgIpc) is 2.55. The molecule has 4 atom stereocenters. The summed E-state index contributed by atoms with van der Waals surface area (Å²) in [6, 6.07) is 0.581. The van der Waals surface area contributed by atoms with Gasteiger partial charge in [0, 0.05) is 11.5 Å². The van der Waals surface area contributed by atoms with E-state index in [1.54, 1.807) is 0 Å². The molecule has 2 rings (SSSR count). The summed E-state index contributed by atoms with van der Waals surface area (Å²) in [6.07, 6.45) is 4.64. The zero-order chi connectivity index (χ0) is 8.77. The highest BCUT2D eigenvalue weighted by Crippen LogP contribution is 2.55. The Labute approximate surface area is 74.4 Å². The Morgan fingerprint density at radius 3 is 2.75 bits per heavy atom. The summed E-state index contributed by atoms with van der Waals surface area (Å²) in [6.45, 7) is 2.21. The van der Waals surface area contributed by atoms with Crippen LogP contribution in [0.3, 0.4) is 0 Å². The Hall–Kier alpha value is -0.0800. The summed E-state index contributed by atoms with van der Waals surface area (Å²) in [5, 5.41) is 13.3. The number of rotatable bonds is 2. The second kappa shape index (κ2) is 2.71. The van der Waals surface area contributed by atoms with Crippen molar-refractivity contribution in [3.63, 3.8) is 0 Å². The van der Waals surface area contributed by atoms with Crippen molar-refractivity contribution in [2.24, 2.45) is 11.3 Å². The number of fused-ring (bicyclic) bond motifs is 2. The number of nitrogens with one attached hydrogen (secondary N) is 1. The van der Waals surface area contributed by atoms with Gasteiger partial charge in [-0.05, 0) is 38.6 Å². The summed E-state index contributed by atoms with van der Waals surface area (Å²) in [5.74, 6) is 0.741. The van der Waals surface area contributed by atoms with Gasteiger partial charge in [-0.15, -0.1) is 0 Å². The lowest BCUT2D eigenvalue weighted by molar-refractivity contribution is 0.0286. The standard InChI is InChI=1S/C10H19NO/c1-3-10-5-4-7(6-8(10)12)9(10)11-2/h7-9,11-12H,3-6H2,1-2H3. The van der Waals surface area contributed by atoms with Crippen LogP contribution in [0.4, 0.5) is 0 Å². The van der Waals surface area contributed by atoms with Crippen LogP contribution in [-0.2, 0) is 0 Å². The second-order valence-electron chi connectivity index (χ2n) is 4.40. The highest BCUT2D eigenvalue weighted by Gasteiger charge is 2.57. The Balaban J connectivity index is 2.25. The van der Waals surface area contributed by atoms with Crippen molar-refractivity contribution in [1.29, 1.82) is 0 Å². The van der Waals surface area contributed by atoms with Crippen molar-refractivity contribution in [1.82, 2.24) is 5.32 Å². The van der Waals surface area contributed by atoms with Gasteiger partial charge in [0.25, 0.3) is 0 Å². The van der Waals surface area contributed by atoms with E-state index in [0.717, 1.165) is 18.8 Å². The first-order valence-corrected chi connectivity index (χ1v) is 5.10. The minimum atomic E-state index is -0.0429. The van der Waals surface area contributed by atoms with Crippen LogP contribution in [0.25, 0.3) is 0 Å². The topological polar surface area (TPSA) is 32.3 Å². The summed E-state index contributed by atoms with van der Waals surface area (Å²) < 4.78 is 0. The Morgan fingerprint density at radius 2 is 2.33 bits per heavy atom. The van der Waals surface area contributed by atoms with Crippen LogP contribution < -0.4 is 5.32 Å². The van der Waals surface area contributed by atoms with Gasteiger partial charge >= 0.3 is 0 Å². The molecule has 2 fully saturated rings. The molecule has 2 heteroatoms. The minimum Gasteiger partial charge on any atom is -0.392 e. The lowest BCUT2D eigenvalue weighted by atomic mass is 9.77. The van der Waals surface area contributed by atoms with Crippen molar-refractivity contribution < 1.29 is 5.11 Å². The molecule has 70 valence electrons. The first-order chi connectivity index (χ1) is 5.74. The van der Waals surface area contributed by atoms with E-state index in [0.29, 0.717) is 6.04 Å². The lowest BCUT2D eigenvalue weighted by Gasteiger charge is -2.34. The van der Waals surface area contributed by atoms with E-state index in [9.17, 15) is 5.11 Å². The summed E-state index contributed by atoms with van der Waals surface area (Å²) in [4.78, 5) is 0. The predicted octanol–water partition coefficient (Wildman–Crippen LogP) is 1.15. The fourth-order valence-electron chi connectivity index (χ4n) is 3.55. The number of hydrogen-bond acceptors (Lipinski definition) is 2. The number of aliphatic hydroxyl groups is 1. The maximum atomic E-state index is 9.93. The molecule has 0 heterocycles. The smallest absolute Gasteiger partial charge is 0.0614 e. The van der Waals surface area contributed by atoms with E-state index in [2.05, 4.69) is 12.2 Å². The molecular weight excluding hydrogens is 150 g/mol. The lowest BCUT2D eigenvalue weighted by Crippen LogP contribution is -2.42. The molecule has 0 aromatic carbocycles. The quantitative estimate of drug-likeness (QED) is 0.650. The van der Waals surface area contributed by atoms with Crippen molar-refractivity contribution in [2.45, 2.75) is 44.8 Å². The highest BCUT2D eigenvalue weighted by atomic mass is 16.3. The maximum Gasteiger partial charge on any atom is 0.0614 e. The van der Waals surface area contributed by atoms with Crippen LogP contribution in [-0.4, -0.2) is 24.3 Å². The molecule has 2 saturated carbocycles. The Kier molecular flexibility index (Phi) is 1.92. The zero-order valence-electron chi connectivity index (χ0n) is 8.01. The second-order valence-corrected chi connectivity index (χ2v) is 4.40. The molecule has 0 radical (unpaired) electrons. The van der Waals surface area contributed by atoms with E-state index in [4.69, 9.17) is 0 Å². The van der Waals surface area contributed by atoms with Crippen molar-refractivity contribution in [3.05, 3.63) is 0 Å². The molecular formula is C10H19NO. The monoisotopic (exact) mass is 169 g/mol. The van der Waals surface area contributed by atoms with Gasteiger partial charge in [0.15, 0.2) is 0 Å². The number of aliphatic hydroxyl groups excluding tert-OH is 1. The molecule has 2 bridgehead atoms. The molecule has 0 amide bonds. The zero-order valence-corrected chi connectivity index (χ0v) is 8.01. The normalized spacial score (nSPS) is 51.8. The van der Waals surface area contributed by atoms with E-state index in [-0.39, 0.29) is 11.5 Å². The SMILES string of the molecule is CCC12CCC(CC1O)C2NC. The average molecular weight is 169 g/mol. The van der Waals surface area contributed by atoms with E-state index >= 15 is 0 Å². The highest BCUT2D eigenvalue weighted by molar-refractivity contribution is 5.10. The van der Waals surface area contributed by atoms with E-state index in [1.807, 2.05) is 7.05 Å². The molecule has 0 saturated heterocycles. The maximum absolute atomic E-state index is 9.93. The van der Waals surface area contributed by atoms with Gasteiger partial charge in [-0.3, -0.25) is 0 Å². The molecule has 2 aliphatic carbocycles. The van der Waals surface area contributed by atoms with Gasteiger partial charge < -0.3 is 10.4 Å². The largest absolute Gasteiger partial charge is 0.392 e. The van der Waals surface area contributed by atoms with Gasteiger partial charge in [-0.2, -0.15) is 0 Å². The molecule has 12 heavy (non-hydrogen) atoms. The molecule has 0 spiro atoms. The molecule has 0 aliphatic heterocycles. The van der Waals surface area contributed by atoms with E-state index in [1.165, 1.54) is 12.8 Å². The minimum absolute atomic E-state index is 0.0429. The molecule has 2 N–H and O–H groups in total. The van der Waals surface area contributed by atoms with Gasteiger partial charge in [-0.25, -0.2) is 0 Å². The third-order valence-corrected chi connectivity index (χ3v) is 4.23.